The van der Waals surface area contributed by atoms with Crippen molar-refractivity contribution >= 4 is 0 Å². The molecule has 1 saturated heterocycles. The largest absolute Gasteiger partial charge is 0.375 e. The predicted molar refractivity (Wildman–Crippen MR) is 41.8 cm³/mol. The Morgan fingerprint density at radius 1 is 1.73 bits per heavy atom. The van der Waals surface area contributed by atoms with Crippen LogP contribution in [0.3, 0.4) is 0 Å². The highest BCUT2D eigenvalue weighted by atomic mass is 16.3. The summed E-state index contributed by atoms with van der Waals surface area (Å²) >= 11 is 0. The lowest BCUT2D eigenvalue weighted by atomic mass is 9.85. The van der Waals surface area contributed by atoms with Crippen LogP contribution in [0.1, 0.15) is 19.8 Å². The van der Waals surface area contributed by atoms with Gasteiger partial charge >= 0.3 is 0 Å². The molecule has 0 saturated carbocycles. The van der Waals surface area contributed by atoms with Gasteiger partial charge in [-0.25, -0.2) is 0 Å². The van der Waals surface area contributed by atoms with Gasteiger partial charge in [-0.2, -0.15) is 5.26 Å². The Bertz CT molecular complexity index is 165. The molecule has 1 rings (SSSR count). The Morgan fingerprint density at radius 3 is 2.91 bits per heavy atom. The molecular formula is C8H14N2O. The summed E-state index contributed by atoms with van der Waals surface area (Å²) in [7, 11) is 0. The Balaban J connectivity index is 2.52. The molecule has 0 bridgehead atoms. The first-order chi connectivity index (χ1) is 5.17. The van der Waals surface area contributed by atoms with Crippen LogP contribution in [0.25, 0.3) is 0 Å². The smallest absolute Gasteiger partial charge is 0.152 e. The van der Waals surface area contributed by atoms with Gasteiger partial charge in [-0.15, -0.1) is 0 Å². The van der Waals surface area contributed by atoms with Gasteiger partial charge in [-0.3, -0.25) is 0 Å². The molecule has 2 unspecified atom stereocenters. The van der Waals surface area contributed by atoms with Crippen LogP contribution in [0.4, 0.5) is 0 Å². The molecule has 0 aliphatic carbocycles. The number of nitrogens with one attached hydrogen (secondary N) is 1. The van der Waals surface area contributed by atoms with E-state index < -0.39 is 5.60 Å². The second kappa shape index (κ2) is 3.21. The number of piperidine rings is 1. The summed E-state index contributed by atoms with van der Waals surface area (Å²) in [4.78, 5) is 0. The lowest BCUT2D eigenvalue weighted by molar-refractivity contribution is 0.0414. The molecule has 0 aromatic carbocycles. The van der Waals surface area contributed by atoms with Crippen molar-refractivity contribution in [1.29, 1.82) is 5.26 Å². The topological polar surface area (TPSA) is 56.0 Å². The SMILES string of the molecule is CC(O)(C#N)C1CCCNC1. The normalized spacial score (nSPS) is 30.5. The van der Waals surface area contributed by atoms with Crippen LogP contribution in [0.5, 0.6) is 0 Å². The maximum atomic E-state index is 9.55. The predicted octanol–water partition coefficient (Wildman–Crippen LogP) is 0.261. The van der Waals surface area contributed by atoms with E-state index in [1.165, 1.54) is 0 Å². The Morgan fingerprint density at radius 2 is 2.45 bits per heavy atom. The summed E-state index contributed by atoms with van der Waals surface area (Å²) in [6, 6.07) is 1.93. The first-order valence-electron chi connectivity index (χ1n) is 4.01. The molecule has 0 aromatic rings. The van der Waals surface area contributed by atoms with Crippen molar-refractivity contribution in [1.82, 2.24) is 5.32 Å². The van der Waals surface area contributed by atoms with Crippen LogP contribution < -0.4 is 5.32 Å². The van der Waals surface area contributed by atoms with Crippen molar-refractivity contribution in [2.24, 2.45) is 5.92 Å². The van der Waals surface area contributed by atoms with E-state index in [0.29, 0.717) is 0 Å². The van der Waals surface area contributed by atoms with Crippen LogP contribution in [0, 0.1) is 17.2 Å². The van der Waals surface area contributed by atoms with E-state index in [-0.39, 0.29) is 5.92 Å². The lowest BCUT2D eigenvalue weighted by Crippen LogP contribution is -2.43. The standard InChI is InChI=1S/C8H14N2O/c1-8(11,6-9)7-3-2-4-10-5-7/h7,10-11H,2-5H2,1H3. The van der Waals surface area contributed by atoms with E-state index in [4.69, 9.17) is 5.26 Å². The summed E-state index contributed by atoms with van der Waals surface area (Å²) in [6.07, 6.45) is 2.01. The number of nitrogens with zero attached hydrogens (tertiary/aromatic N) is 1. The Hall–Kier alpha value is -0.590. The van der Waals surface area contributed by atoms with Crippen molar-refractivity contribution in [2.75, 3.05) is 13.1 Å². The van der Waals surface area contributed by atoms with Crippen molar-refractivity contribution in [3.05, 3.63) is 0 Å². The van der Waals surface area contributed by atoms with Crippen molar-refractivity contribution in [2.45, 2.75) is 25.4 Å². The molecule has 1 fully saturated rings. The van der Waals surface area contributed by atoms with Gasteiger partial charge in [-0.1, -0.05) is 0 Å². The van der Waals surface area contributed by atoms with Gasteiger partial charge < -0.3 is 10.4 Å². The van der Waals surface area contributed by atoms with Gasteiger partial charge in [0.15, 0.2) is 5.60 Å². The van der Waals surface area contributed by atoms with Crippen molar-refractivity contribution in [3.63, 3.8) is 0 Å². The molecule has 2 atom stereocenters. The van der Waals surface area contributed by atoms with Crippen LogP contribution in [-0.4, -0.2) is 23.8 Å². The maximum Gasteiger partial charge on any atom is 0.152 e. The zero-order valence-corrected chi connectivity index (χ0v) is 6.80. The maximum absolute atomic E-state index is 9.55. The number of rotatable bonds is 1. The van der Waals surface area contributed by atoms with E-state index >= 15 is 0 Å². The van der Waals surface area contributed by atoms with E-state index in [0.717, 1.165) is 25.9 Å². The Labute approximate surface area is 67.0 Å². The molecule has 3 heteroatoms. The number of nitriles is 1. The fourth-order valence-electron chi connectivity index (χ4n) is 1.42. The molecule has 0 aromatic heterocycles. The van der Waals surface area contributed by atoms with Gasteiger partial charge in [0.2, 0.25) is 0 Å². The van der Waals surface area contributed by atoms with Gasteiger partial charge in [0.05, 0.1) is 6.07 Å². The summed E-state index contributed by atoms with van der Waals surface area (Å²) in [5, 5.41) is 21.3. The monoisotopic (exact) mass is 154 g/mol. The molecule has 1 heterocycles. The zero-order chi connectivity index (χ0) is 8.32. The molecule has 3 nitrogen and oxygen atoms in total. The third-order valence-corrected chi connectivity index (χ3v) is 2.32. The van der Waals surface area contributed by atoms with Crippen LogP contribution in [-0.2, 0) is 0 Å². The van der Waals surface area contributed by atoms with Gasteiger partial charge in [0.25, 0.3) is 0 Å². The van der Waals surface area contributed by atoms with E-state index in [9.17, 15) is 5.11 Å². The van der Waals surface area contributed by atoms with Gasteiger partial charge in [-0.05, 0) is 26.3 Å². The molecular weight excluding hydrogens is 140 g/mol. The Kier molecular flexibility index (Phi) is 2.48. The quantitative estimate of drug-likeness (QED) is 0.533. The highest BCUT2D eigenvalue weighted by Gasteiger charge is 2.32. The lowest BCUT2D eigenvalue weighted by Gasteiger charge is -2.30. The van der Waals surface area contributed by atoms with E-state index in [2.05, 4.69) is 5.32 Å². The van der Waals surface area contributed by atoms with Gasteiger partial charge in [0, 0.05) is 12.5 Å². The van der Waals surface area contributed by atoms with Crippen molar-refractivity contribution in [3.8, 4) is 6.07 Å². The summed E-state index contributed by atoms with van der Waals surface area (Å²) in [6.45, 7) is 3.36. The summed E-state index contributed by atoms with van der Waals surface area (Å²) < 4.78 is 0. The van der Waals surface area contributed by atoms with E-state index in [1.54, 1.807) is 6.92 Å². The average Bonchev–Trinajstić information content (AvgIpc) is 2.06. The third kappa shape index (κ3) is 1.92. The minimum atomic E-state index is -1.15. The second-order valence-corrected chi connectivity index (χ2v) is 3.30. The first kappa shape index (κ1) is 8.51. The molecule has 0 spiro atoms. The van der Waals surface area contributed by atoms with Crippen LogP contribution in [0.2, 0.25) is 0 Å². The van der Waals surface area contributed by atoms with Crippen molar-refractivity contribution < 1.29 is 5.11 Å². The first-order valence-corrected chi connectivity index (χ1v) is 4.01. The van der Waals surface area contributed by atoms with Crippen LogP contribution >= 0.6 is 0 Å². The molecule has 62 valence electrons. The second-order valence-electron chi connectivity index (χ2n) is 3.30. The third-order valence-electron chi connectivity index (χ3n) is 2.32. The molecule has 2 N–H and O–H groups in total. The van der Waals surface area contributed by atoms with Gasteiger partial charge in [0.1, 0.15) is 0 Å². The number of aliphatic hydroxyl groups is 1. The highest BCUT2D eigenvalue weighted by Crippen LogP contribution is 2.22. The zero-order valence-electron chi connectivity index (χ0n) is 6.80. The fourth-order valence-corrected chi connectivity index (χ4v) is 1.42. The summed E-state index contributed by atoms with van der Waals surface area (Å²) in [5.41, 5.74) is -1.15. The number of hydrogen-bond donors (Lipinski definition) is 2. The summed E-state index contributed by atoms with van der Waals surface area (Å²) in [5.74, 6) is 0.0984. The molecule has 1 aliphatic heterocycles. The minimum absolute atomic E-state index is 0.0984. The van der Waals surface area contributed by atoms with Crippen LogP contribution in [0.15, 0.2) is 0 Å². The molecule has 11 heavy (non-hydrogen) atoms. The average molecular weight is 154 g/mol. The molecule has 1 aliphatic rings. The fraction of sp³-hybridized carbons (Fsp3) is 0.875. The van der Waals surface area contributed by atoms with E-state index in [1.807, 2.05) is 6.07 Å². The number of hydrogen-bond acceptors (Lipinski definition) is 3. The molecule has 0 radical (unpaired) electrons. The molecule has 0 amide bonds. The highest BCUT2D eigenvalue weighted by molar-refractivity contribution is 5.02. The minimum Gasteiger partial charge on any atom is -0.375 e.